The summed E-state index contributed by atoms with van der Waals surface area (Å²) >= 11 is 1.90. The van der Waals surface area contributed by atoms with Crippen molar-refractivity contribution in [1.29, 1.82) is 0 Å². The van der Waals surface area contributed by atoms with Crippen molar-refractivity contribution in [3.8, 4) is 11.1 Å². The van der Waals surface area contributed by atoms with Crippen LogP contribution in [0.2, 0.25) is 0 Å². The molecule has 294 valence electrons. The summed E-state index contributed by atoms with van der Waals surface area (Å²) in [6, 6.07) is 82.0. The summed E-state index contributed by atoms with van der Waals surface area (Å²) in [7, 11) is 0. The Morgan fingerprint density at radius 3 is 1.52 bits per heavy atom. The van der Waals surface area contributed by atoms with Gasteiger partial charge in [0.1, 0.15) is 11.2 Å². The minimum Gasteiger partial charge on any atom is -0.456 e. The van der Waals surface area contributed by atoms with Crippen LogP contribution in [0.15, 0.2) is 229 Å². The lowest BCUT2D eigenvalue weighted by molar-refractivity contribution is 0.669. The van der Waals surface area contributed by atoms with Crippen molar-refractivity contribution in [1.82, 2.24) is 0 Å². The molecule has 0 aliphatic carbocycles. The van der Waals surface area contributed by atoms with Gasteiger partial charge >= 0.3 is 0 Å². The zero-order valence-electron chi connectivity index (χ0n) is 34.1. The fraction of sp³-hybridized carbons (Fsp3) is 0. The molecule has 0 N–H and O–H groups in total. The van der Waals surface area contributed by atoms with E-state index >= 15 is 0 Å². The average molecular weight is 820 g/mol. The Hall–Kier alpha value is -7.98. The predicted molar refractivity (Wildman–Crippen MR) is 272 cm³/mol. The van der Waals surface area contributed by atoms with E-state index in [9.17, 15) is 0 Å². The Morgan fingerprint density at radius 2 is 0.794 bits per heavy atom. The normalized spacial score (nSPS) is 11.8. The highest BCUT2D eigenvalue weighted by Gasteiger charge is 2.21. The minimum absolute atomic E-state index is 0.862. The molecule has 0 spiro atoms. The third kappa shape index (κ3) is 5.64. The number of hydrogen-bond acceptors (Lipinski definition) is 3. The molecule has 0 aliphatic heterocycles. The summed E-state index contributed by atoms with van der Waals surface area (Å²) in [4.78, 5) is 2.42. The van der Waals surface area contributed by atoms with Crippen LogP contribution in [0.1, 0.15) is 0 Å². The summed E-state index contributed by atoms with van der Waals surface area (Å²) in [6.07, 6.45) is 0. The van der Waals surface area contributed by atoms with Crippen LogP contribution in [-0.4, -0.2) is 0 Å². The van der Waals surface area contributed by atoms with E-state index in [1.165, 1.54) is 85.2 Å². The highest BCUT2D eigenvalue weighted by molar-refractivity contribution is 7.26. The van der Waals surface area contributed by atoms with E-state index < -0.39 is 0 Å². The smallest absolute Gasteiger partial charge is 0.137 e. The second-order valence-electron chi connectivity index (χ2n) is 16.3. The molecule has 0 bridgehead atoms. The van der Waals surface area contributed by atoms with Crippen molar-refractivity contribution in [2.24, 2.45) is 0 Å². The van der Waals surface area contributed by atoms with Crippen molar-refractivity contribution >= 4 is 124 Å². The maximum absolute atomic E-state index is 6.52. The zero-order valence-corrected chi connectivity index (χ0v) is 34.9. The highest BCUT2D eigenvalue weighted by Crippen LogP contribution is 2.47. The summed E-state index contributed by atoms with van der Waals surface area (Å²) in [5.74, 6) is 0. The van der Waals surface area contributed by atoms with E-state index in [-0.39, 0.29) is 0 Å². The maximum Gasteiger partial charge on any atom is 0.137 e. The van der Waals surface area contributed by atoms with Gasteiger partial charge in [-0.1, -0.05) is 176 Å². The Balaban J connectivity index is 1.20. The van der Waals surface area contributed by atoms with Crippen molar-refractivity contribution in [2.45, 2.75) is 0 Å². The van der Waals surface area contributed by atoms with E-state index in [1.54, 1.807) is 0 Å². The van der Waals surface area contributed by atoms with Crippen LogP contribution in [0.3, 0.4) is 0 Å². The summed E-state index contributed by atoms with van der Waals surface area (Å²) in [5.41, 5.74) is 7.29. The van der Waals surface area contributed by atoms with Gasteiger partial charge < -0.3 is 9.32 Å². The minimum atomic E-state index is 0.862. The molecule has 0 radical (unpaired) electrons. The highest BCUT2D eigenvalue weighted by atomic mass is 32.1. The van der Waals surface area contributed by atoms with Crippen LogP contribution >= 0.6 is 11.3 Å². The lowest BCUT2D eigenvalue weighted by Gasteiger charge is -2.27. The number of benzene rings is 10. The third-order valence-corrected chi connectivity index (χ3v) is 14.1. The van der Waals surface area contributed by atoms with Crippen LogP contribution in [-0.2, 0) is 0 Å². The Morgan fingerprint density at radius 1 is 0.302 bits per heavy atom. The number of furan rings is 1. The first-order valence-electron chi connectivity index (χ1n) is 21.5. The first kappa shape index (κ1) is 35.7. The van der Waals surface area contributed by atoms with Crippen molar-refractivity contribution in [3.63, 3.8) is 0 Å². The monoisotopic (exact) mass is 819 g/mol. The molecular weight excluding hydrogens is 783 g/mol. The van der Waals surface area contributed by atoms with E-state index in [0.29, 0.717) is 0 Å². The standard InChI is InChI=1S/C60H37NOS/c1-2-15-38(16-3-1)39-29-31-40(32-30-39)61(54-25-14-27-56-59(54)52-24-10-12-26-55(52)62-56)41-33-34-47-50-35-36-51-48-22-11-13-28-57(48)63-60(51)58(50)49-23-9-8-20-45(49)43-18-5-4-17-42(43)44-19-6-7-21-46(44)53(47)37-41/h1-37H. The number of anilines is 3. The molecule has 2 heterocycles. The average Bonchev–Trinajstić information content (AvgIpc) is 3.93. The van der Waals surface area contributed by atoms with Gasteiger partial charge in [-0.2, -0.15) is 0 Å². The van der Waals surface area contributed by atoms with Crippen LogP contribution < -0.4 is 4.90 Å². The fourth-order valence-electron chi connectivity index (χ4n) is 10.1. The van der Waals surface area contributed by atoms with Crippen LogP contribution in [0.4, 0.5) is 17.1 Å². The Labute approximate surface area is 367 Å². The second kappa shape index (κ2) is 14.3. The molecule has 13 rings (SSSR count). The Bertz CT molecular complexity index is 4030. The third-order valence-electron chi connectivity index (χ3n) is 12.9. The van der Waals surface area contributed by atoms with E-state index in [1.807, 2.05) is 17.4 Å². The lowest BCUT2D eigenvalue weighted by atomic mass is 9.93. The number of nitrogens with zero attached hydrogens (tertiary/aromatic N) is 1. The number of para-hydroxylation sites is 1. The summed E-state index contributed by atoms with van der Waals surface area (Å²) in [6.45, 7) is 0. The van der Waals surface area contributed by atoms with Gasteiger partial charge in [0.25, 0.3) is 0 Å². The molecule has 0 amide bonds. The van der Waals surface area contributed by atoms with Crippen LogP contribution in [0, 0.1) is 0 Å². The first-order chi connectivity index (χ1) is 31.3. The van der Waals surface area contributed by atoms with Crippen molar-refractivity contribution < 1.29 is 4.42 Å². The number of hydrogen-bond donors (Lipinski definition) is 0. The van der Waals surface area contributed by atoms with E-state index in [0.717, 1.165) is 39.0 Å². The van der Waals surface area contributed by atoms with E-state index in [4.69, 9.17) is 4.42 Å². The number of fused-ring (bicyclic) bond motifs is 17. The topological polar surface area (TPSA) is 16.4 Å². The molecular formula is C60H37NOS. The molecule has 0 unspecified atom stereocenters. The molecule has 0 saturated heterocycles. The van der Waals surface area contributed by atoms with Gasteiger partial charge in [-0.3, -0.25) is 0 Å². The predicted octanol–water partition coefficient (Wildman–Crippen LogP) is 18.0. The number of thiophene rings is 1. The molecule has 2 nitrogen and oxygen atoms in total. The molecule has 0 saturated carbocycles. The van der Waals surface area contributed by atoms with Gasteiger partial charge in [-0.15, -0.1) is 11.3 Å². The van der Waals surface area contributed by atoms with E-state index in [2.05, 4.69) is 223 Å². The molecule has 2 aromatic heterocycles. The van der Waals surface area contributed by atoms with Gasteiger partial charge in [0.15, 0.2) is 0 Å². The lowest BCUT2D eigenvalue weighted by Crippen LogP contribution is -2.10. The van der Waals surface area contributed by atoms with Gasteiger partial charge in [-0.25, -0.2) is 0 Å². The fourth-order valence-corrected chi connectivity index (χ4v) is 11.3. The van der Waals surface area contributed by atoms with Crippen molar-refractivity contribution in [2.75, 3.05) is 4.90 Å². The molecule has 0 atom stereocenters. The number of rotatable bonds is 4. The SMILES string of the molecule is c1ccc(-c2ccc(N(c3ccc4c(c3)c3ccccc3c3ccccc3c3ccccc3c3c4ccc4c5ccccc5sc43)c3cccc4oc5ccccc5c34)cc2)cc1. The first-order valence-corrected chi connectivity index (χ1v) is 22.3. The molecule has 63 heavy (non-hydrogen) atoms. The van der Waals surface area contributed by atoms with Gasteiger partial charge in [0.05, 0.1) is 11.1 Å². The molecule has 0 fully saturated rings. The van der Waals surface area contributed by atoms with Gasteiger partial charge in [0.2, 0.25) is 0 Å². The van der Waals surface area contributed by atoms with Crippen LogP contribution in [0.5, 0.6) is 0 Å². The summed E-state index contributed by atoms with van der Waals surface area (Å²) < 4.78 is 9.12. The Kier molecular flexibility index (Phi) is 8.12. The quantitative estimate of drug-likeness (QED) is 0.176. The second-order valence-corrected chi connectivity index (χ2v) is 17.4. The van der Waals surface area contributed by atoms with Gasteiger partial charge in [-0.05, 0) is 108 Å². The summed E-state index contributed by atoms with van der Waals surface area (Å²) in [5, 5.41) is 16.9. The zero-order chi connectivity index (χ0) is 41.4. The maximum atomic E-state index is 6.52. The van der Waals surface area contributed by atoms with Crippen LogP contribution in [0.25, 0.3) is 107 Å². The molecule has 11 aromatic carbocycles. The van der Waals surface area contributed by atoms with Crippen molar-refractivity contribution in [3.05, 3.63) is 224 Å². The molecule has 0 aliphatic rings. The largest absolute Gasteiger partial charge is 0.456 e. The molecule has 3 heteroatoms. The molecule has 13 aromatic rings. The van der Waals surface area contributed by atoms with Gasteiger partial charge in [0, 0.05) is 42.3 Å².